The summed E-state index contributed by atoms with van der Waals surface area (Å²) < 4.78 is 0.896. The fraction of sp³-hybridized carbons (Fsp3) is 0.188. The summed E-state index contributed by atoms with van der Waals surface area (Å²) in [5, 5.41) is 4.01. The van der Waals surface area contributed by atoms with Crippen molar-refractivity contribution in [2.24, 2.45) is 5.73 Å². The highest BCUT2D eigenvalue weighted by molar-refractivity contribution is 9.10. The first-order valence-electron chi connectivity index (χ1n) is 6.64. The molecule has 0 heterocycles. The number of hydrogen-bond donors (Lipinski definition) is 2. The Labute approximate surface area is 136 Å². The van der Waals surface area contributed by atoms with Gasteiger partial charge in [0.25, 0.3) is 0 Å². The lowest BCUT2D eigenvalue weighted by Gasteiger charge is -2.30. The van der Waals surface area contributed by atoms with Crippen molar-refractivity contribution in [1.82, 2.24) is 0 Å². The van der Waals surface area contributed by atoms with Crippen LogP contribution < -0.4 is 11.1 Å². The van der Waals surface area contributed by atoms with E-state index in [1.54, 1.807) is 6.07 Å². The van der Waals surface area contributed by atoms with Gasteiger partial charge < -0.3 is 11.1 Å². The predicted octanol–water partition coefficient (Wildman–Crippen LogP) is 3.84. The van der Waals surface area contributed by atoms with Crippen molar-refractivity contribution >= 4 is 39.1 Å². The zero-order chi connectivity index (χ0) is 15.0. The highest BCUT2D eigenvalue weighted by Crippen LogP contribution is 2.41. The molecule has 1 unspecified atom stereocenters. The molecule has 21 heavy (non-hydrogen) atoms. The van der Waals surface area contributed by atoms with E-state index >= 15 is 0 Å². The molecule has 0 radical (unpaired) electrons. The Kier molecular flexibility index (Phi) is 3.68. The number of carbonyl (C=O) groups is 1. The lowest BCUT2D eigenvalue weighted by molar-refractivity contribution is -0.122. The van der Waals surface area contributed by atoms with Gasteiger partial charge >= 0.3 is 0 Å². The SMILES string of the molecule is NC(=O)C1(Nc2ccccc2Br)CCc2cc(Cl)ccc21. The molecule has 1 amide bonds. The first-order valence-corrected chi connectivity index (χ1v) is 7.81. The Bertz CT molecular complexity index is 719. The van der Waals surface area contributed by atoms with Gasteiger partial charge in [-0.2, -0.15) is 0 Å². The van der Waals surface area contributed by atoms with Gasteiger partial charge in [0.2, 0.25) is 5.91 Å². The van der Waals surface area contributed by atoms with Gasteiger partial charge in [0.15, 0.2) is 0 Å². The molecule has 0 aliphatic heterocycles. The molecule has 0 saturated heterocycles. The number of rotatable bonds is 3. The number of primary amides is 1. The van der Waals surface area contributed by atoms with E-state index in [0.29, 0.717) is 11.4 Å². The summed E-state index contributed by atoms with van der Waals surface area (Å²) in [4.78, 5) is 12.2. The number of aryl methyl sites for hydroxylation is 1. The van der Waals surface area contributed by atoms with Crippen molar-refractivity contribution in [3.05, 3.63) is 63.1 Å². The van der Waals surface area contributed by atoms with E-state index in [1.165, 1.54) is 0 Å². The molecule has 0 fully saturated rings. The number of benzene rings is 2. The van der Waals surface area contributed by atoms with E-state index < -0.39 is 5.54 Å². The van der Waals surface area contributed by atoms with Crippen molar-refractivity contribution < 1.29 is 4.79 Å². The number of para-hydroxylation sites is 1. The molecule has 108 valence electrons. The van der Waals surface area contributed by atoms with Gasteiger partial charge in [-0.1, -0.05) is 29.8 Å². The van der Waals surface area contributed by atoms with Crippen LogP contribution in [0.15, 0.2) is 46.9 Å². The summed E-state index contributed by atoms with van der Waals surface area (Å²) in [5.74, 6) is -0.376. The largest absolute Gasteiger partial charge is 0.367 e. The summed E-state index contributed by atoms with van der Waals surface area (Å²) in [6, 6.07) is 13.3. The molecule has 0 spiro atoms. The Hall–Kier alpha value is -1.52. The number of fused-ring (bicyclic) bond motifs is 1. The molecule has 2 aromatic rings. The van der Waals surface area contributed by atoms with Crippen LogP contribution in [-0.2, 0) is 16.8 Å². The zero-order valence-corrected chi connectivity index (χ0v) is 13.5. The average molecular weight is 366 g/mol. The number of anilines is 1. The van der Waals surface area contributed by atoms with E-state index in [2.05, 4.69) is 21.2 Å². The number of hydrogen-bond acceptors (Lipinski definition) is 2. The molecule has 1 aliphatic rings. The number of halogens is 2. The van der Waals surface area contributed by atoms with Crippen LogP contribution in [0.3, 0.4) is 0 Å². The minimum absolute atomic E-state index is 0.376. The lowest BCUT2D eigenvalue weighted by atomic mass is 9.90. The minimum atomic E-state index is -0.885. The number of nitrogens with two attached hydrogens (primary N) is 1. The number of carbonyl (C=O) groups excluding carboxylic acids is 1. The number of nitrogens with one attached hydrogen (secondary N) is 1. The fourth-order valence-electron chi connectivity index (χ4n) is 2.88. The third-order valence-corrected chi connectivity index (χ3v) is 4.87. The third kappa shape index (κ3) is 2.43. The molecule has 1 aliphatic carbocycles. The van der Waals surface area contributed by atoms with Gasteiger partial charge in [-0.05, 0) is 64.2 Å². The Balaban J connectivity index is 2.08. The molecule has 2 aromatic carbocycles. The van der Waals surface area contributed by atoms with Crippen LogP contribution in [0.25, 0.3) is 0 Å². The van der Waals surface area contributed by atoms with Crippen LogP contribution in [0.4, 0.5) is 5.69 Å². The van der Waals surface area contributed by atoms with E-state index in [9.17, 15) is 4.79 Å². The zero-order valence-electron chi connectivity index (χ0n) is 11.2. The molecule has 0 saturated carbocycles. The lowest BCUT2D eigenvalue weighted by Crippen LogP contribution is -2.46. The van der Waals surface area contributed by atoms with Crippen LogP contribution >= 0.6 is 27.5 Å². The molecule has 3 rings (SSSR count). The summed E-state index contributed by atoms with van der Waals surface area (Å²) in [7, 11) is 0. The van der Waals surface area contributed by atoms with Gasteiger partial charge in [-0.25, -0.2) is 0 Å². The van der Waals surface area contributed by atoms with Crippen molar-refractivity contribution in [3.63, 3.8) is 0 Å². The van der Waals surface area contributed by atoms with Crippen molar-refractivity contribution in [2.75, 3.05) is 5.32 Å². The van der Waals surface area contributed by atoms with E-state index in [0.717, 1.165) is 27.7 Å². The van der Waals surface area contributed by atoms with E-state index in [-0.39, 0.29) is 5.91 Å². The van der Waals surface area contributed by atoms with Crippen LogP contribution in [0, 0.1) is 0 Å². The predicted molar refractivity (Wildman–Crippen MR) is 88.4 cm³/mol. The molecule has 1 atom stereocenters. The highest BCUT2D eigenvalue weighted by Gasteiger charge is 2.44. The van der Waals surface area contributed by atoms with Crippen LogP contribution in [-0.4, -0.2) is 5.91 Å². The summed E-state index contributed by atoms with van der Waals surface area (Å²) in [5.41, 5.74) is 7.68. The van der Waals surface area contributed by atoms with Crippen molar-refractivity contribution in [2.45, 2.75) is 18.4 Å². The summed E-state index contributed by atoms with van der Waals surface area (Å²) >= 11 is 9.53. The first-order chi connectivity index (χ1) is 10.0. The summed E-state index contributed by atoms with van der Waals surface area (Å²) in [6.07, 6.45) is 1.40. The standard InChI is InChI=1S/C16H14BrClN2O/c17-13-3-1-2-4-14(13)20-16(15(19)21)8-7-10-9-11(18)5-6-12(10)16/h1-6,9,20H,7-8H2,(H2,19,21). The third-order valence-electron chi connectivity index (χ3n) is 3.94. The van der Waals surface area contributed by atoms with Gasteiger partial charge in [0.1, 0.15) is 5.54 Å². The van der Waals surface area contributed by atoms with Crippen LogP contribution in [0.5, 0.6) is 0 Å². The molecule has 5 heteroatoms. The Morgan fingerprint density at radius 3 is 2.76 bits per heavy atom. The maximum absolute atomic E-state index is 12.2. The first kappa shape index (κ1) is 14.4. The normalized spacial score (nSPS) is 20.1. The second-order valence-electron chi connectivity index (χ2n) is 5.18. The van der Waals surface area contributed by atoms with Gasteiger partial charge in [-0.15, -0.1) is 0 Å². The molecule has 0 bridgehead atoms. The average Bonchev–Trinajstić information content (AvgIpc) is 2.81. The van der Waals surface area contributed by atoms with E-state index in [4.69, 9.17) is 17.3 Å². The molecule has 0 aromatic heterocycles. The van der Waals surface area contributed by atoms with Crippen molar-refractivity contribution in [1.29, 1.82) is 0 Å². The monoisotopic (exact) mass is 364 g/mol. The molecule has 3 N–H and O–H groups in total. The van der Waals surface area contributed by atoms with Crippen molar-refractivity contribution in [3.8, 4) is 0 Å². The quantitative estimate of drug-likeness (QED) is 0.868. The Morgan fingerprint density at radius 2 is 2.05 bits per heavy atom. The van der Waals surface area contributed by atoms with Crippen LogP contribution in [0.2, 0.25) is 5.02 Å². The smallest absolute Gasteiger partial charge is 0.247 e. The maximum atomic E-state index is 12.2. The second-order valence-corrected chi connectivity index (χ2v) is 6.47. The highest BCUT2D eigenvalue weighted by atomic mass is 79.9. The minimum Gasteiger partial charge on any atom is -0.367 e. The fourth-order valence-corrected chi connectivity index (χ4v) is 3.46. The molecular formula is C16H14BrClN2O. The van der Waals surface area contributed by atoms with Gasteiger partial charge in [-0.3, -0.25) is 4.79 Å². The molecular weight excluding hydrogens is 352 g/mol. The van der Waals surface area contributed by atoms with E-state index in [1.807, 2.05) is 36.4 Å². The second kappa shape index (κ2) is 5.35. The summed E-state index contributed by atoms with van der Waals surface area (Å²) in [6.45, 7) is 0. The number of amides is 1. The van der Waals surface area contributed by atoms with Gasteiger partial charge in [0.05, 0.1) is 0 Å². The maximum Gasteiger partial charge on any atom is 0.247 e. The Morgan fingerprint density at radius 1 is 1.29 bits per heavy atom. The molecule has 3 nitrogen and oxygen atoms in total. The van der Waals surface area contributed by atoms with Crippen LogP contribution in [0.1, 0.15) is 17.5 Å². The topological polar surface area (TPSA) is 55.1 Å². The van der Waals surface area contributed by atoms with Gasteiger partial charge in [0, 0.05) is 15.2 Å².